The Morgan fingerprint density at radius 1 is 1.36 bits per heavy atom. The third-order valence-electron chi connectivity index (χ3n) is 1.86. The fourth-order valence-electron chi connectivity index (χ4n) is 1.08. The van der Waals surface area contributed by atoms with Crippen LogP contribution in [0.25, 0.3) is 0 Å². The van der Waals surface area contributed by atoms with Gasteiger partial charge in [0, 0.05) is 6.54 Å². The summed E-state index contributed by atoms with van der Waals surface area (Å²) in [5.74, 6) is 0.100. The van der Waals surface area contributed by atoms with E-state index in [1.54, 1.807) is 12.1 Å². The molecule has 76 valence electrons. The summed E-state index contributed by atoms with van der Waals surface area (Å²) in [7, 11) is 0. The van der Waals surface area contributed by atoms with Crippen LogP contribution in [0.1, 0.15) is 5.56 Å². The number of aromatic hydroxyl groups is 1. The second-order valence-corrected chi connectivity index (χ2v) is 2.97. The van der Waals surface area contributed by atoms with E-state index >= 15 is 0 Å². The lowest BCUT2D eigenvalue weighted by Gasteiger charge is -2.03. The van der Waals surface area contributed by atoms with Gasteiger partial charge in [0.2, 0.25) is 5.91 Å². The van der Waals surface area contributed by atoms with Crippen molar-refractivity contribution in [2.45, 2.75) is 6.42 Å². The minimum Gasteiger partial charge on any atom is -0.508 e. The molecule has 4 heteroatoms. The van der Waals surface area contributed by atoms with Crippen molar-refractivity contribution in [1.29, 1.82) is 0 Å². The summed E-state index contributed by atoms with van der Waals surface area (Å²) >= 11 is 0. The number of phenols is 1. The molecule has 1 rings (SSSR count). The summed E-state index contributed by atoms with van der Waals surface area (Å²) < 4.78 is 0. The normalized spacial score (nSPS) is 9.79. The third-order valence-corrected chi connectivity index (χ3v) is 1.86. The molecule has 0 saturated carbocycles. The zero-order valence-electron chi connectivity index (χ0n) is 7.86. The Bertz CT molecular complexity index is 295. The highest BCUT2D eigenvalue weighted by Crippen LogP contribution is 2.09. The van der Waals surface area contributed by atoms with Gasteiger partial charge in [-0.05, 0) is 24.1 Å². The van der Waals surface area contributed by atoms with Crippen LogP contribution in [0.5, 0.6) is 5.75 Å². The largest absolute Gasteiger partial charge is 0.508 e. The minimum absolute atomic E-state index is 0.0234. The molecular formula is C10H14N2O2. The van der Waals surface area contributed by atoms with Crippen molar-refractivity contribution in [3.8, 4) is 5.75 Å². The number of nitrogens with two attached hydrogens (primary N) is 1. The Hall–Kier alpha value is -1.55. The number of rotatable bonds is 4. The van der Waals surface area contributed by atoms with Crippen molar-refractivity contribution < 1.29 is 9.90 Å². The van der Waals surface area contributed by atoms with Gasteiger partial charge in [-0.3, -0.25) is 4.79 Å². The molecule has 1 aromatic carbocycles. The van der Waals surface area contributed by atoms with Gasteiger partial charge in [-0.15, -0.1) is 0 Å². The van der Waals surface area contributed by atoms with Gasteiger partial charge in [-0.2, -0.15) is 0 Å². The number of hydrogen-bond donors (Lipinski definition) is 3. The number of benzene rings is 1. The Labute approximate surface area is 82.7 Å². The molecule has 1 amide bonds. The number of hydrogen-bond acceptors (Lipinski definition) is 3. The summed E-state index contributed by atoms with van der Waals surface area (Å²) in [6.07, 6.45) is 0.742. The van der Waals surface area contributed by atoms with Crippen LogP contribution in [0.2, 0.25) is 0 Å². The van der Waals surface area contributed by atoms with Crippen LogP contribution < -0.4 is 11.1 Å². The van der Waals surface area contributed by atoms with Crippen LogP contribution in [0.15, 0.2) is 24.3 Å². The molecule has 0 spiro atoms. The highest BCUT2D eigenvalue weighted by molar-refractivity contribution is 5.77. The zero-order chi connectivity index (χ0) is 10.4. The van der Waals surface area contributed by atoms with Crippen molar-refractivity contribution in [3.05, 3.63) is 29.8 Å². The highest BCUT2D eigenvalue weighted by Gasteiger charge is 1.97. The number of phenolic OH excluding ortho intramolecular Hbond substituents is 1. The van der Waals surface area contributed by atoms with E-state index in [0.29, 0.717) is 6.54 Å². The van der Waals surface area contributed by atoms with Gasteiger partial charge in [0.1, 0.15) is 5.75 Å². The molecule has 4 N–H and O–H groups in total. The van der Waals surface area contributed by atoms with Gasteiger partial charge in [0.15, 0.2) is 0 Å². The summed E-state index contributed by atoms with van der Waals surface area (Å²) in [5, 5.41) is 11.7. The van der Waals surface area contributed by atoms with Gasteiger partial charge in [-0.1, -0.05) is 12.1 Å². The maximum atomic E-state index is 10.8. The number of carbonyl (C=O) groups excluding carboxylic acids is 1. The number of nitrogens with one attached hydrogen (secondary N) is 1. The molecule has 0 unspecified atom stereocenters. The van der Waals surface area contributed by atoms with Crippen LogP contribution in [-0.4, -0.2) is 24.1 Å². The molecule has 14 heavy (non-hydrogen) atoms. The summed E-state index contributed by atoms with van der Waals surface area (Å²) in [6.45, 7) is 0.594. The van der Waals surface area contributed by atoms with Crippen LogP contribution in [0.3, 0.4) is 0 Å². The van der Waals surface area contributed by atoms with E-state index < -0.39 is 0 Å². The maximum absolute atomic E-state index is 10.8. The summed E-state index contributed by atoms with van der Waals surface area (Å²) in [4.78, 5) is 10.8. The summed E-state index contributed by atoms with van der Waals surface area (Å²) in [5.41, 5.74) is 6.20. The Kier molecular flexibility index (Phi) is 3.94. The molecule has 0 fully saturated rings. The van der Waals surface area contributed by atoms with Crippen molar-refractivity contribution >= 4 is 5.91 Å². The first-order chi connectivity index (χ1) is 6.72. The van der Waals surface area contributed by atoms with Crippen molar-refractivity contribution in [2.24, 2.45) is 5.73 Å². The predicted molar refractivity (Wildman–Crippen MR) is 53.9 cm³/mol. The lowest BCUT2D eigenvalue weighted by Crippen LogP contribution is -2.31. The first kappa shape index (κ1) is 10.5. The number of amides is 1. The van der Waals surface area contributed by atoms with Crippen molar-refractivity contribution in [3.63, 3.8) is 0 Å². The minimum atomic E-state index is -0.149. The topological polar surface area (TPSA) is 75.4 Å². The second kappa shape index (κ2) is 5.24. The zero-order valence-corrected chi connectivity index (χ0v) is 7.86. The lowest BCUT2D eigenvalue weighted by molar-refractivity contribution is -0.119. The third kappa shape index (κ3) is 3.45. The lowest BCUT2D eigenvalue weighted by atomic mass is 10.1. The van der Waals surface area contributed by atoms with Crippen LogP contribution in [0.4, 0.5) is 0 Å². The van der Waals surface area contributed by atoms with Gasteiger partial charge in [-0.25, -0.2) is 0 Å². The molecule has 1 aromatic rings. The Morgan fingerprint density at radius 2 is 2.00 bits per heavy atom. The van der Waals surface area contributed by atoms with Gasteiger partial charge < -0.3 is 16.2 Å². The molecule has 0 bridgehead atoms. The first-order valence-corrected chi connectivity index (χ1v) is 4.47. The molecule has 0 radical (unpaired) electrons. The van der Waals surface area contributed by atoms with E-state index in [1.165, 1.54) is 0 Å². The van der Waals surface area contributed by atoms with Gasteiger partial charge >= 0.3 is 0 Å². The maximum Gasteiger partial charge on any atom is 0.233 e. The van der Waals surface area contributed by atoms with Crippen molar-refractivity contribution in [2.75, 3.05) is 13.1 Å². The molecule has 4 nitrogen and oxygen atoms in total. The van der Waals surface area contributed by atoms with Gasteiger partial charge in [0.25, 0.3) is 0 Å². The predicted octanol–water partition coefficient (Wildman–Crippen LogP) is 0.00960. The van der Waals surface area contributed by atoms with E-state index in [-0.39, 0.29) is 18.2 Å². The smallest absolute Gasteiger partial charge is 0.233 e. The average Bonchev–Trinajstić information content (AvgIpc) is 2.21. The second-order valence-electron chi connectivity index (χ2n) is 2.97. The fourth-order valence-corrected chi connectivity index (χ4v) is 1.08. The van der Waals surface area contributed by atoms with E-state index in [9.17, 15) is 4.79 Å². The molecule has 0 aliphatic heterocycles. The standard InChI is InChI=1S/C10H14N2O2/c11-7-10(14)12-6-5-8-1-3-9(13)4-2-8/h1-4,13H,5-7,11H2,(H,12,14). The van der Waals surface area contributed by atoms with Gasteiger partial charge in [0.05, 0.1) is 6.54 Å². The van der Waals surface area contributed by atoms with E-state index in [2.05, 4.69) is 5.32 Å². The fraction of sp³-hybridized carbons (Fsp3) is 0.300. The van der Waals surface area contributed by atoms with Crippen molar-refractivity contribution in [1.82, 2.24) is 5.32 Å². The van der Waals surface area contributed by atoms with E-state index in [1.807, 2.05) is 12.1 Å². The van der Waals surface area contributed by atoms with Crippen LogP contribution in [0, 0.1) is 0 Å². The molecule has 0 saturated heterocycles. The molecule has 0 atom stereocenters. The number of carbonyl (C=O) groups is 1. The first-order valence-electron chi connectivity index (χ1n) is 4.47. The van der Waals surface area contributed by atoms with Crippen LogP contribution in [-0.2, 0) is 11.2 Å². The monoisotopic (exact) mass is 194 g/mol. The summed E-state index contributed by atoms with van der Waals surface area (Å²) in [6, 6.07) is 6.90. The quantitative estimate of drug-likeness (QED) is 0.632. The Balaban J connectivity index is 2.31. The molecule has 0 aromatic heterocycles. The Morgan fingerprint density at radius 3 is 2.57 bits per heavy atom. The van der Waals surface area contributed by atoms with E-state index in [4.69, 9.17) is 10.8 Å². The SMILES string of the molecule is NCC(=O)NCCc1ccc(O)cc1. The highest BCUT2D eigenvalue weighted by atomic mass is 16.3. The molecular weight excluding hydrogens is 180 g/mol. The molecule has 0 heterocycles. The average molecular weight is 194 g/mol. The molecule has 0 aliphatic carbocycles. The van der Waals surface area contributed by atoms with E-state index in [0.717, 1.165) is 12.0 Å². The van der Waals surface area contributed by atoms with Crippen LogP contribution >= 0.6 is 0 Å². The molecule has 0 aliphatic rings.